The number of anilines is 1. The summed E-state index contributed by atoms with van der Waals surface area (Å²) in [6.07, 6.45) is 4.37. The number of carbonyl (C=O) groups is 2. The van der Waals surface area contributed by atoms with Crippen LogP contribution in [0.25, 0.3) is 10.8 Å². The highest BCUT2D eigenvalue weighted by atomic mass is 16.7. The van der Waals surface area contributed by atoms with Crippen LogP contribution in [-0.2, 0) is 19.1 Å². The third kappa shape index (κ3) is 7.13. The van der Waals surface area contributed by atoms with Crippen LogP contribution in [0.15, 0.2) is 41.3 Å². The number of aliphatic hydroxyl groups is 3. The molecule has 0 saturated carbocycles. The fourth-order valence-corrected chi connectivity index (χ4v) is 6.59. The highest BCUT2D eigenvalue weighted by molar-refractivity contribution is 6.23. The quantitative estimate of drug-likeness (QED) is 0.103. The predicted octanol–water partition coefficient (Wildman–Crippen LogP) is 4.16. The van der Waals surface area contributed by atoms with Gasteiger partial charge in [-0.05, 0) is 19.9 Å². The summed E-state index contributed by atoms with van der Waals surface area (Å²) in [5.74, 6) is -7.87. The maximum atomic E-state index is 14.1. The van der Waals surface area contributed by atoms with Crippen LogP contribution >= 0.6 is 0 Å². The number of nitrogens with zero attached hydrogens (tertiary/aromatic N) is 1. The lowest BCUT2D eigenvalue weighted by molar-refractivity contribution is -0.112. The van der Waals surface area contributed by atoms with Gasteiger partial charge in [0.1, 0.15) is 24.4 Å². The van der Waals surface area contributed by atoms with E-state index in [1.165, 1.54) is 53.4 Å². The second-order valence-corrected chi connectivity index (χ2v) is 13.5. The number of ether oxygens (including phenoxy) is 3. The molecule has 0 saturated heterocycles. The number of hydrogen-bond acceptors (Lipinski definition) is 13. The highest BCUT2D eigenvalue weighted by Gasteiger charge is 2.49. The molecule has 0 unspecified atom stereocenters. The van der Waals surface area contributed by atoms with Gasteiger partial charge in [0, 0.05) is 54.2 Å². The Morgan fingerprint density at radius 1 is 0.882 bits per heavy atom. The van der Waals surface area contributed by atoms with E-state index in [9.17, 15) is 40.2 Å². The molecule has 0 aromatic heterocycles. The molecule has 5 bridgehead atoms. The molecule has 14 heteroatoms. The lowest BCUT2D eigenvalue weighted by atomic mass is 9.78. The fraction of sp³-hybridized carbons (Fsp3) is 0.486. The van der Waals surface area contributed by atoms with Crippen LogP contribution < -0.4 is 10.1 Å². The molecular weight excluding hydrogens is 664 g/mol. The largest absolute Gasteiger partial charge is 0.507 e. The van der Waals surface area contributed by atoms with E-state index < -0.39 is 82.8 Å². The standard InChI is InChI=1S/C37H48N2O12/c1-16-11-10-12-17(2)36(47)39-27-22(15-38-49-9)32(44)24-25(33(27)45)31(43)21(6)34-26(24)35(46)37(7,51-34)50-14-13-23(48-8)18(3)29(41)20(5)30(42)19(4)28(16)40/h10-16,18-20,23,28-30,40-45H,1-9H3,(H,39,47)/b11-10+,14-13+,17-12-,38-15+/t16-,18-,19-,20+,23+,28+,29-,30+,37+/m1/s1. The minimum atomic E-state index is -2.02. The zero-order valence-electron chi connectivity index (χ0n) is 30.2. The number of phenolic OH excluding ortho intramolecular Hbond substituents is 3. The number of Topliss-reactive ketones (excluding diaryl/α,β-unsaturated/α-hetero) is 1. The first-order chi connectivity index (χ1) is 23.9. The van der Waals surface area contributed by atoms with E-state index >= 15 is 0 Å². The second kappa shape index (κ2) is 15.3. The van der Waals surface area contributed by atoms with Gasteiger partial charge < -0.3 is 55.0 Å². The summed E-state index contributed by atoms with van der Waals surface area (Å²) >= 11 is 0. The zero-order valence-corrected chi connectivity index (χ0v) is 30.2. The van der Waals surface area contributed by atoms with Crippen molar-refractivity contribution in [2.24, 2.45) is 28.8 Å². The molecule has 0 spiro atoms. The van der Waals surface area contributed by atoms with E-state index in [1.807, 2.05) is 0 Å². The van der Waals surface area contributed by atoms with Gasteiger partial charge in [0.2, 0.25) is 0 Å². The molecule has 5 rings (SSSR count). The molecule has 0 aliphatic carbocycles. The van der Waals surface area contributed by atoms with E-state index in [2.05, 4.69) is 10.5 Å². The summed E-state index contributed by atoms with van der Waals surface area (Å²) in [5, 5.41) is 73.7. The molecule has 9 atom stereocenters. The number of rotatable bonds is 3. The van der Waals surface area contributed by atoms with E-state index in [0.717, 1.165) is 6.21 Å². The number of nitrogens with one attached hydrogen (secondary N) is 1. The Balaban J connectivity index is 1.95. The van der Waals surface area contributed by atoms with Gasteiger partial charge in [-0.3, -0.25) is 9.59 Å². The topological polar surface area (TPSA) is 217 Å². The first kappa shape index (κ1) is 39.2. The number of hydrogen-bond donors (Lipinski definition) is 7. The third-order valence-corrected chi connectivity index (χ3v) is 10.1. The normalized spacial score (nSPS) is 33.1. The molecular formula is C37H48N2O12. The number of carbonyl (C=O) groups excluding carboxylic acids is 2. The number of amides is 1. The maximum absolute atomic E-state index is 14.1. The number of oxime groups is 1. The lowest BCUT2D eigenvalue weighted by Crippen LogP contribution is -2.44. The maximum Gasteiger partial charge on any atom is 0.312 e. The van der Waals surface area contributed by atoms with E-state index in [4.69, 9.17) is 19.0 Å². The molecule has 1 amide bonds. The van der Waals surface area contributed by atoms with Crippen molar-refractivity contribution in [1.82, 2.24) is 0 Å². The van der Waals surface area contributed by atoms with E-state index in [-0.39, 0.29) is 44.5 Å². The minimum absolute atomic E-state index is 0.0452. The number of allylic oxidation sites excluding steroid dienone is 2. The Morgan fingerprint density at radius 2 is 1.51 bits per heavy atom. The molecule has 3 heterocycles. The van der Waals surface area contributed by atoms with Crippen molar-refractivity contribution in [3.63, 3.8) is 0 Å². The Bertz CT molecular complexity index is 1800. The zero-order chi connectivity index (χ0) is 38.1. The van der Waals surface area contributed by atoms with Gasteiger partial charge in [-0.25, -0.2) is 0 Å². The first-order valence-electron chi connectivity index (χ1n) is 16.6. The van der Waals surface area contributed by atoms with Crippen LogP contribution in [0.3, 0.4) is 0 Å². The average Bonchev–Trinajstić information content (AvgIpc) is 3.37. The van der Waals surface area contributed by atoms with Crippen molar-refractivity contribution in [3.8, 4) is 23.0 Å². The van der Waals surface area contributed by atoms with Crippen molar-refractivity contribution in [2.75, 3.05) is 19.5 Å². The number of ketones is 1. The summed E-state index contributed by atoms with van der Waals surface area (Å²) < 4.78 is 17.4. The summed E-state index contributed by atoms with van der Waals surface area (Å²) in [6, 6.07) is 0. The Morgan fingerprint density at radius 3 is 2.14 bits per heavy atom. The van der Waals surface area contributed by atoms with Gasteiger partial charge in [0.05, 0.1) is 59.1 Å². The molecule has 0 fully saturated rings. The van der Waals surface area contributed by atoms with Crippen molar-refractivity contribution in [1.29, 1.82) is 0 Å². The van der Waals surface area contributed by atoms with Crippen LogP contribution in [0.2, 0.25) is 0 Å². The van der Waals surface area contributed by atoms with E-state index in [1.54, 1.807) is 39.8 Å². The number of fused-ring (bicyclic) bond motifs is 14. The van der Waals surface area contributed by atoms with Crippen LogP contribution in [0, 0.1) is 30.6 Å². The van der Waals surface area contributed by atoms with Crippen molar-refractivity contribution in [3.05, 3.63) is 52.8 Å². The number of phenols is 3. The summed E-state index contributed by atoms with van der Waals surface area (Å²) in [7, 11) is 2.67. The third-order valence-electron chi connectivity index (χ3n) is 10.1. The SMILES string of the molecule is CO/N=C/c1c2c(O)c3c(O)c(C)c4c(c3c1O)C(=O)[C@@](C)(O/C=C/[C@H](OC)[C@@H](C)[C@@H](O)[C@H](C)[C@@H](O)[C@H](C)[C@@H](O)[C@H](C)/C=C/C=C(/C)C(=O)N2)O4. The van der Waals surface area contributed by atoms with Crippen molar-refractivity contribution in [2.45, 2.75) is 78.7 Å². The number of aromatic hydroxyl groups is 3. The Kier molecular flexibility index (Phi) is 11.8. The van der Waals surface area contributed by atoms with Gasteiger partial charge >= 0.3 is 5.79 Å². The molecule has 2 aromatic rings. The van der Waals surface area contributed by atoms with Crippen LogP contribution in [0.5, 0.6) is 23.0 Å². The molecule has 278 valence electrons. The molecule has 14 nitrogen and oxygen atoms in total. The number of benzene rings is 2. The van der Waals surface area contributed by atoms with E-state index in [0.29, 0.717) is 0 Å². The molecule has 0 radical (unpaired) electrons. The first-order valence-corrected chi connectivity index (χ1v) is 16.6. The Hall–Kier alpha value is -4.63. The molecule has 2 aromatic carbocycles. The van der Waals surface area contributed by atoms with Gasteiger partial charge in [0.15, 0.2) is 5.75 Å². The smallest absolute Gasteiger partial charge is 0.312 e. The monoisotopic (exact) mass is 712 g/mol. The Labute approximate surface area is 296 Å². The average molecular weight is 713 g/mol. The molecule has 3 aliphatic heterocycles. The molecule has 3 aliphatic rings. The minimum Gasteiger partial charge on any atom is -0.507 e. The van der Waals surface area contributed by atoms with Crippen LogP contribution in [0.4, 0.5) is 5.69 Å². The van der Waals surface area contributed by atoms with Gasteiger partial charge in [-0.15, -0.1) is 0 Å². The molecule has 51 heavy (non-hydrogen) atoms. The van der Waals surface area contributed by atoms with Gasteiger partial charge in [-0.1, -0.05) is 51.1 Å². The van der Waals surface area contributed by atoms with Crippen molar-refractivity contribution < 1.29 is 59.3 Å². The lowest BCUT2D eigenvalue weighted by Gasteiger charge is -2.36. The number of methoxy groups -OCH3 is 1. The summed E-state index contributed by atoms with van der Waals surface area (Å²) in [4.78, 5) is 32.3. The van der Waals surface area contributed by atoms with Crippen molar-refractivity contribution >= 4 is 34.4 Å². The fourth-order valence-electron chi connectivity index (χ4n) is 6.59. The van der Waals surface area contributed by atoms with Crippen LogP contribution in [0.1, 0.15) is 63.0 Å². The van der Waals surface area contributed by atoms with Gasteiger partial charge in [-0.2, -0.15) is 0 Å². The van der Waals surface area contributed by atoms with Crippen LogP contribution in [-0.4, -0.2) is 93.0 Å². The summed E-state index contributed by atoms with van der Waals surface area (Å²) in [6.45, 7) is 11.1. The molecule has 7 N–H and O–H groups in total. The number of aliphatic hydroxyl groups excluding tert-OH is 3. The summed E-state index contributed by atoms with van der Waals surface area (Å²) in [5.41, 5.74) is -0.576. The second-order valence-electron chi connectivity index (χ2n) is 13.5. The predicted molar refractivity (Wildman–Crippen MR) is 189 cm³/mol. The highest BCUT2D eigenvalue weighted by Crippen LogP contribution is 2.55. The van der Waals surface area contributed by atoms with Gasteiger partial charge in [0.25, 0.3) is 11.7 Å².